The van der Waals surface area contributed by atoms with Gasteiger partial charge in [0.15, 0.2) is 6.61 Å². The molecule has 0 spiro atoms. The molecule has 4 heterocycles. The van der Waals surface area contributed by atoms with Crippen molar-refractivity contribution in [1.82, 2.24) is 19.7 Å². The second-order valence-electron chi connectivity index (χ2n) is 7.68. The summed E-state index contributed by atoms with van der Waals surface area (Å²) in [6.07, 6.45) is 2.41. The molecule has 8 nitrogen and oxygen atoms in total. The second-order valence-corrected chi connectivity index (χ2v) is 7.68. The largest absolute Gasteiger partial charge is 0.468 e. The van der Waals surface area contributed by atoms with E-state index < -0.39 is 12.8 Å². The van der Waals surface area contributed by atoms with Crippen molar-refractivity contribution in [3.05, 3.63) is 41.9 Å². The van der Waals surface area contributed by atoms with Crippen molar-refractivity contribution in [3.8, 4) is 5.88 Å². The zero-order chi connectivity index (χ0) is 22.7. The Morgan fingerprint density at radius 2 is 2.22 bits per heavy atom. The number of amides is 1. The first-order valence-electron chi connectivity index (χ1n) is 10.2. The van der Waals surface area contributed by atoms with Gasteiger partial charge in [-0.25, -0.2) is 9.97 Å². The first kappa shape index (κ1) is 22.0. The van der Waals surface area contributed by atoms with E-state index >= 15 is 0 Å². The van der Waals surface area contributed by atoms with Crippen LogP contribution in [0.1, 0.15) is 30.4 Å². The number of rotatable bonds is 7. The van der Waals surface area contributed by atoms with Gasteiger partial charge in [0.1, 0.15) is 5.82 Å². The minimum absolute atomic E-state index is 0.0582. The van der Waals surface area contributed by atoms with Crippen LogP contribution >= 0.6 is 0 Å². The number of carbonyl (C=O) groups is 1. The van der Waals surface area contributed by atoms with Crippen molar-refractivity contribution in [2.75, 3.05) is 18.5 Å². The van der Waals surface area contributed by atoms with E-state index in [4.69, 9.17) is 9.47 Å². The summed E-state index contributed by atoms with van der Waals surface area (Å²) in [5.74, 6) is 0.193. The Morgan fingerprint density at radius 1 is 1.38 bits per heavy atom. The molecule has 1 atom stereocenters. The van der Waals surface area contributed by atoms with E-state index in [0.29, 0.717) is 35.4 Å². The van der Waals surface area contributed by atoms with Crippen LogP contribution in [0.25, 0.3) is 10.9 Å². The average Bonchev–Trinajstić information content (AvgIpc) is 3.36. The molecule has 4 rings (SSSR count). The van der Waals surface area contributed by atoms with Gasteiger partial charge in [-0.3, -0.25) is 9.48 Å². The molecule has 1 aliphatic rings. The Balaban J connectivity index is 1.45. The van der Waals surface area contributed by atoms with E-state index in [1.165, 1.54) is 6.20 Å². The van der Waals surface area contributed by atoms with Gasteiger partial charge in [-0.1, -0.05) is 0 Å². The Kier molecular flexibility index (Phi) is 6.26. The number of fused-ring (bicyclic) bond motifs is 1. The van der Waals surface area contributed by atoms with Crippen molar-refractivity contribution in [2.24, 2.45) is 0 Å². The van der Waals surface area contributed by atoms with E-state index in [1.54, 1.807) is 36.1 Å². The average molecular weight is 449 g/mol. The fraction of sp³-hybridized carbons (Fsp3) is 0.429. The van der Waals surface area contributed by atoms with Gasteiger partial charge in [0.25, 0.3) is 0 Å². The standard InChI is InChI=1S/C21H22F3N5O3/c1-13-7-14(9-26-20(13)32-12-21(22,23)24)10-29-11-16-17(28-29)4-5-25-19(16)27-18(30)8-15-3-2-6-31-15/h4-5,7,9,11,15H,2-3,6,8,10,12H2,1H3,(H,25,27,30)/t15-/m0/s1. The highest BCUT2D eigenvalue weighted by molar-refractivity contribution is 5.99. The van der Waals surface area contributed by atoms with E-state index in [0.717, 1.165) is 18.4 Å². The van der Waals surface area contributed by atoms with Crippen LogP contribution in [0.4, 0.5) is 19.0 Å². The fourth-order valence-corrected chi connectivity index (χ4v) is 3.56. The third-order valence-electron chi connectivity index (χ3n) is 4.98. The maximum absolute atomic E-state index is 12.4. The number of pyridine rings is 2. The second kappa shape index (κ2) is 9.11. The van der Waals surface area contributed by atoms with Crippen molar-refractivity contribution < 1.29 is 27.4 Å². The highest BCUT2D eigenvalue weighted by Crippen LogP contribution is 2.23. The Bertz CT molecular complexity index is 1110. The molecule has 1 saturated heterocycles. The van der Waals surface area contributed by atoms with E-state index in [-0.39, 0.29) is 24.3 Å². The minimum Gasteiger partial charge on any atom is -0.468 e. The van der Waals surface area contributed by atoms with Gasteiger partial charge >= 0.3 is 6.18 Å². The lowest BCUT2D eigenvalue weighted by molar-refractivity contribution is -0.154. The lowest BCUT2D eigenvalue weighted by atomic mass is 10.2. The number of halogens is 3. The molecule has 0 aliphatic carbocycles. The van der Waals surface area contributed by atoms with Crippen LogP contribution in [0, 0.1) is 6.92 Å². The monoisotopic (exact) mass is 449 g/mol. The summed E-state index contributed by atoms with van der Waals surface area (Å²) in [6, 6.07) is 3.44. The highest BCUT2D eigenvalue weighted by atomic mass is 19.4. The predicted octanol–water partition coefficient (Wildman–Crippen LogP) is 3.63. The topological polar surface area (TPSA) is 91.2 Å². The number of nitrogens with one attached hydrogen (secondary N) is 1. The molecule has 0 aromatic carbocycles. The molecule has 3 aromatic heterocycles. The number of hydrogen-bond acceptors (Lipinski definition) is 6. The van der Waals surface area contributed by atoms with Gasteiger partial charge in [-0.05, 0) is 37.5 Å². The Labute approximate surface area is 181 Å². The van der Waals surface area contributed by atoms with E-state index in [9.17, 15) is 18.0 Å². The number of aryl methyl sites for hydroxylation is 1. The molecule has 32 heavy (non-hydrogen) atoms. The van der Waals surface area contributed by atoms with Crippen molar-refractivity contribution >= 4 is 22.6 Å². The summed E-state index contributed by atoms with van der Waals surface area (Å²) in [4.78, 5) is 20.6. The van der Waals surface area contributed by atoms with Crippen LogP contribution in [0.15, 0.2) is 30.7 Å². The van der Waals surface area contributed by atoms with Gasteiger partial charge in [0, 0.05) is 30.8 Å². The van der Waals surface area contributed by atoms with E-state index in [1.807, 2.05) is 0 Å². The van der Waals surface area contributed by atoms with Gasteiger partial charge in [-0.15, -0.1) is 0 Å². The number of carbonyl (C=O) groups excluding carboxylic acids is 1. The van der Waals surface area contributed by atoms with Gasteiger partial charge < -0.3 is 14.8 Å². The number of hydrogen-bond donors (Lipinski definition) is 1. The molecule has 3 aromatic rings. The first-order chi connectivity index (χ1) is 15.3. The van der Waals surface area contributed by atoms with Crippen LogP contribution in [0.2, 0.25) is 0 Å². The molecule has 170 valence electrons. The molecule has 0 bridgehead atoms. The smallest absolute Gasteiger partial charge is 0.422 e. The van der Waals surface area contributed by atoms with E-state index in [2.05, 4.69) is 20.4 Å². The van der Waals surface area contributed by atoms with Crippen LogP contribution in [0.5, 0.6) is 5.88 Å². The van der Waals surface area contributed by atoms with Gasteiger partial charge in [0.05, 0.1) is 30.0 Å². The summed E-state index contributed by atoms with van der Waals surface area (Å²) >= 11 is 0. The molecule has 1 N–H and O–H groups in total. The van der Waals surface area contributed by atoms with Crippen molar-refractivity contribution in [3.63, 3.8) is 0 Å². The third kappa shape index (κ3) is 5.52. The molecule has 0 unspecified atom stereocenters. The Morgan fingerprint density at radius 3 is 2.94 bits per heavy atom. The molecule has 0 saturated carbocycles. The quantitative estimate of drug-likeness (QED) is 0.592. The highest BCUT2D eigenvalue weighted by Gasteiger charge is 2.29. The summed E-state index contributed by atoms with van der Waals surface area (Å²) in [5.41, 5.74) is 1.89. The summed E-state index contributed by atoms with van der Waals surface area (Å²) in [7, 11) is 0. The normalized spacial score (nSPS) is 16.4. The minimum atomic E-state index is -4.42. The van der Waals surface area contributed by atoms with Crippen LogP contribution in [0.3, 0.4) is 0 Å². The number of alkyl halides is 3. The number of ether oxygens (including phenoxy) is 2. The van der Waals surface area contributed by atoms with Crippen LogP contribution in [-0.2, 0) is 16.1 Å². The first-order valence-corrected chi connectivity index (χ1v) is 10.2. The van der Waals surface area contributed by atoms with Gasteiger partial charge in [-0.2, -0.15) is 18.3 Å². The molecular weight excluding hydrogens is 427 g/mol. The molecule has 1 fully saturated rings. The lowest BCUT2D eigenvalue weighted by Crippen LogP contribution is -2.20. The molecular formula is C21H22F3N5O3. The summed E-state index contributed by atoms with van der Waals surface area (Å²) in [5, 5.41) is 8.00. The summed E-state index contributed by atoms with van der Waals surface area (Å²) in [6.45, 7) is 1.26. The summed E-state index contributed by atoms with van der Waals surface area (Å²) < 4.78 is 49.0. The zero-order valence-electron chi connectivity index (χ0n) is 17.4. The van der Waals surface area contributed by atoms with Gasteiger partial charge in [0.2, 0.25) is 11.8 Å². The van der Waals surface area contributed by atoms with Crippen molar-refractivity contribution in [2.45, 2.75) is 45.0 Å². The van der Waals surface area contributed by atoms with Crippen molar-refractivity contribution in [1.29, 1.82) is 0 Å². The fourth-order valence-electron chi connectivity index (χ4n) is 3.56. The van der Waals surface area contributed by atoms with Crippen LogP contribution in [-0.4, -0.2) is 51.1 Å². The molecule has 0 radical (unpaired) electrons. The SMILES string of the molecule is Cc1cc(Cn2cc3c(NC(=O)C[C@@H]4CCCO4)nccc3n2)cnc1OCC(F)(F)F. The maximum atomic E-state index is 12.4. The number of anilines is 1. The molecule has 1 aliphatic heterocycles. The molecule has 1 amide bonds. The van der Waals surface area contributed by atoms with Crippen LogP contribution < -0.4 is 10.1 Å². The Hall–Kier alpha value is -3.21. The number of nitrogens with zero attached hydrogens (tertiary/aromatic N) is 4. The number of aromatic nitrogens is 4. The zero-order valence-corrected chi connectivity index (χ0v) is 17.4. The third-order valence-corrected chi connectivity index (χ3v) is 4.98. The lowest BCUT2D eigenvalue weighted by Gasteiger charge is -2.11. The molecule has 11 heteroatoms. The maximum Gasteiger partial charge on any atom is 0.422 e. The predicted molar refractivity (Wildman–Crippen MR) is 109 cm³/mol.